The zero-order chi connectivity index (χ0) is 18.1. The maximum Gasteiger partial charge on any atom is 0.268 e. The fraction of sp³-hybridized carbons (Fsp3) is 0.263. The Morgan fingerprint density at radius 3 is 2.73 bits per heavy atom. The monoisotopic (exact) mass is 354 g/mol. The lowest BCUT2D eigenvalue weighted by Gasteiger charge is -2.31. The average Bonchev–Trinajstić information content (AvgIpc) is 2.66. The molecule has 0 saturated heterocycles. The molecule has 0 bridgehead atoms. The van der Waals surface area contributed by atoms with Crippen LogP contribution < -0.4 is 24.4 Å². The number of nitrogens with one attached hydrogen (secondary N) is 1. The topological polar surface area (TPSA) is 77.1 Å². The van der Waals surface area contributed by atoms with Gasteiger partial charge in [-0.15, -0.1) is 0 Å². The second kappa shape index (κ2) is 6.59. The van der Waals surface area contributed by atoms with Crippen LogP contribution in [0.2, 0.25) is 0 Å². The summed E-state index contributed by atoms with van der Waals surface area (Å²) in [6.45, 7) is 0.982. The summed E-state index contributed by atoms with van der Waals surface area (Å²) >= 11 is 0. The lowest BCUT2D eigenvalue weighted by molar-refractivity contribution is -0.130. The van der Waals surface area contributed by atoms with E-state index in [1.807, 2.05) is 12.1 Å². The van der Waals surface area contributed by atoms with E-state index < -0.39 is 6.10 Å². The molecule has 2 aliphatic rings. The van der Waals surface area contributed by atoms with Crippen LogP contribution in [0.1, 0.15) is 6.42 Å². The third-order valence-corrected chi connectivity index (χ3v) is 4.30. The average molecular weight is 354 g/mol. The van der Waals surface area contributed by atoms with Crippen LogP contribution in [0.3, 0.4) is 0 Å². The predicted molar refractivity (Wildman–Crippen MR) is 94.9 cm³/mol. The van der Waals surface area contributed by atoms with Gasteiger partial charge in [0.15, 0.2) is 17.6 Å². The fourth-order valence-corrected chi connectivity index (χ4v) is 3.00. The Hall–Kier alpha value is -3.22. The first-order chi connectivity index (χ1) is 12.6. The number of hydrogen-bond donors (Lipinski definition) is 1. The van der Waals surface area contributed by atoms with Crippen molar-refractivity contribution in [2.75, 3.05) is 30.5 Å². The highest BCUT2D eigenvalue weighted by atomic mass is 16.6. The number of fused-ring (bicyclic) bond motifs is 2. The highest BCUT2D eigenvalue weighted by Gasteiger charge is 2.33. The summed E-state index contributed by atoms with van der Waals surface area (Å²) in [5.41, 5.74) is 1.28. The SMILES string of the molecule is CN1C(=O)C(CC(=O)Nc2ccc3c(c2)OCCO3)Oc2ccccc21. The van der Waals surface area contributed by atoms with Crippen LogP contribution in [0.4, 0.5) is 11.4 Å². The van der Waals surface area contributed by atoms with E-state index in [1.165, 1.54) is 4.90 Å². The first-order valence-electron chi connectivity index (χ1n) is 8.34. The smallest absolute Gasteiger partial charge is 0.268 e. The molecule has 1 unspecified atom stereocenters. The van der Waals surface area contributed by atoms with Crippen molar-refractivity contribution in [3.05, 3.63) is 42.5 Å². The molecule has 0 saturated carbocycles. The molecule has 1 N–H and O–H groups in total. The molecule has 2 aliphatic heterocycles. The molecule has 0 fully saturated rings. The summed E-state index contributed by atoms with van der Waals surface area (Å²) in [6, 6.07) is 12.4. The Balaban J connectivity index is 1.44. The van der Waals surface area contributed by atoms with Gasteiger partial charge >= 0.3 is 0 Å². The minimum Gasteiger partial charge on any atom is -0.486 e. The van der Waals surface area contributed by atoms with Crippen LogP contribution in [0.25, 0.3) is 0 Å². The molecule has 0 aliphatic carbocycles. The van der Waals surface area contributed by atoms with E-state index in [4.69, 9.17) is 14.2 Å². The number of rotatable bonds is 3. The summed E-state index contributed by atoms with van der Waals surface area (Å²) in [5.74, 6) is 1.27. The molecule has 1 atom stereocenters. The van der Waals surface area contributed by atoms with Gasteiger partial charge in [-0.25, -0.2) is 0 Å². The molecule has 134 valence electrons. The standard InChI is InChI=1S/C19H18N2O5/c1-21-13-4-2-3-5-14(13)26-17(19(21)23)11-18(22)20-12-6-7-15-16(10-12)25-9-8-24-15/h2-7,10,17H,8-9,11H2,1H3,(H,20,22). The molecule has 26 heavy (non-hydrogen) atoms. The Morgan fingerprint density at radius 2 is 1.88 bits per heavy atom. The molecular weight excluding hydrogens is 336 g/mol. The number of ether oxygens (including phenoxy) is 3. The van der Waals surface area contributed by atoms with Crippen molar-refractivity contribution in [2.45, 2.75) is 12.5 Å². The van der Waals surface area contributed by atoms with E-state index in [1.54, 1.807) is 37.4 Å². The highest BCUT2D eigenvalue weighted by molar-refractivity contribution is 6.03. The number of amides is 2. The number of para-hydroxylation sites is 2. The van der Waals surface area contributed by atoms with Gasteiger partial charge in [0.05, 0.1) is 12.1 Å². The Kier molecular flexibility index (Phi) is 4.12. The van der Waals surface area contributed by atoms with E-state index in [0.29, 0.717) is 41.8 Å². The van der Waals surface area contributed by atoms with Gasteiger partial charge in [-0.3, -0.25) is 9.59 Å². The van der Waals surface area contributed by atoms with Crippen molar-refractivity contribution in [1.29, 1.82) is 0 Å². The van der Waals surface area contributed by atoms with Gasteiger partial charge < -0.3 is 24.4 Å². The summed E-state index contributed by atoms with van der Waals surface area (Å²) < 4.78 is 16.7. The molecular formula is C19H18N2O5. The predicted octanol–water partition coefficient (Wildman–Crippen LogP) is 2.21. The van der Waals surface area contributed by atoms with Crippen LogP contribution >= 0.6 is 0 Å². The lowest BCUT2D eigenvalue weighted by atomic mass is 10.1. The molecule has 7 heteroatoms. The third-order valence-electron chi connectivity index (χ3n) is 4.30. The summed E-state index contributed by atoms with van der Waals surface area (Å²) in [7, 11) is 1.68. The van der Waals surface area contributed by atoms with Gasteiger partial charge in [-0.05, 0) is 24.3 Å². The molecule has 4 rings (SSSR count). The van der Waals surface area contributed by atoms with Crippen LogP contribution in [0.15, 0.2) is 42.5 Å². The number of nitrogens with zero attached hydrogens (tertiary/aromatic N) is 1. The fourth-order valence-electron chi connectivity index (χ4n) is 3.00. The van der Waals surface area contributed by atoms with Crippen molar-refractivity contribution < 1.29 is 23.8 Å². The van der Waals surface area contributed by atoms with E-state index in [0.717, 1.165) is 0 Å². The van der Waals surface area contributed by atoms with Crippen molar-refractivity contribution in [2.24, 2.45) is 0 Å². The lowest BCUT2D eigenvalue weighted by Crippen LogP contribution is -2.45. The van der Waals surface area contributed by atoms with Crippen LogP contribution in [0.5, 0.6) is 17.2 Å². The van der Waals surface area contributed by atoms with Gasteiger partial charge in [0.2, 0.25) is 5.91 Å². The first-order valence-corrected chi connectivity index (χ1v) is 8.34. The normalized spacial score (nSPS) is 18.0. The number of hydrogen-bond acceptors (Lipinski definition) is 5. The van der Waals surface area contributed by atoms with Crippen molar-refractivity contribution >= 4 is 23.2 Å². The van der Waals surface area contributed by atoms with Crippen molar-refractivity contribution in [1.82, 2.24) is 0 Å². The second-order valence-electron chi connectivity index (χ2n) is 6.08. The second-order valence-corrected chi connectivity index (χ2v) is 6.08. The molecule has 2 amide bonds. The largest absolute Gasteiger partial charge is 0.486 e. The van der Waals surface area contributed by atoms with Gasteiger partial charge in [-0.2, -0.15) is 0 Å². The van der Waals surface area contributed by atoms with E-state index in [2.05, 4.69) is 5.32 Å². The minimum atomic E-state index is -0.855. The summed E-state index contributed by atoms with van der Waals surface area (Å²) in [5, 5.41) is 2.77. The van der Waals surface area contributed by atoms with Crippen LogP contribution in [0, 0.1) is 0 Å². The molecule has 2 heterocycles. The Morgan fingerprint density at radius 1 is 1.12 bits per heavy atom. The maximum atomic E-state index is 12.5. The number of carbonyl (C=O) groups excluding carboxylic acids is 2. The van der Waals surface area contributed by atoms with Gasteiger partial charge in [0.1, 0.15) is 19.0 Å². The molecule has 0 radical (unpaired) electrons. The van der Waals surface area contributed by atoms with Crippen molar-refractivity contribution in [3.8, 4) is 17.2 Å². The van der Waals surface area contributed by atoms with E-state index in [9.17, 15) is 9.59 Å². The molecule has 0 aromatic heterocycles. The molecule has 2 aromatic rings. The molecule has 7 nitrogen and oxygen atoms in total. The zero-order valence-corrected chi connectivity index (χ0v) is 14.2. The number of likely N-dealkylation sites (N-methyl/N-ethyl adjacent to an activating group) is 1. The number of benzene rings is 2. The zero-order valence-electron chi connectivity index (χ0n) is 14.2. The van der Waals surface area contributed by atoms with Gasteiger partial charge in [-0.1, -0.05) is 12.1 Å². The third kappa shape index (κ3) is 3.03. The summed E-state index contributed by atoms with van der Waals surface area (Å²) in [4.78, 5) is 26.3. The molecule has 0 spiro atoms. The highest BCUT2D eigenvalue weighted by Crippen LogP contribution is 2.34. The van der Waals surface area contributed by atoms with Gasteiger partial charge in [0, 0.05) is 18.8 Å². The number of anilines is 2. The quantitative estimate of drug-likeness (QED) is 0.914. The van der Waals surface area contributed by atoms with Crippen LogP contribution in [-0.4, -0.2) is 38.2 Å². The van der Waals surface area contributed by atoms with Gasteiger partial charge in [0.25, 0.3) is 5.91 Å². The minimum absolute atomic E-state index is 0.0774. The first kappa shape index (κ1) is 16.3. The maximum absolute atomic E-state index is 12.5. The Bertz CT molecular complexity index is 867. The van der Waals surface area contributed by atoms with E-state index >= 15 is 0 Å². The number of carbonyl (C=O) groups is 2. The van der Waals surface area contributed by atoms with Crippen molar-refractivity contribution in [3.63, 3.8) is 0 Å². The van der Waals surface area contributed by atoms with Crippen LogP contribution in [-0.2, 0) is 9.59 Å². The summed E-state index contributed by atoms with van der Waals surface area (Å²) in [6.07, 6.45) is -0.932. The Labute approximate surface area is 150 Å². The van der Waals surface area contributed by atoms with E-state index in [-0.39, 0.29) is 18.2 Å². The molecule has 2 aromatic carbocycles.